The normalized spacial score (nSPS) is 12.4. The van der Waals surface area contributed by atoms with Gasteiger partial charge in [-0.05, 0) is 19.9 Å². The number of aromatic nitrogens is 2. The SMILES string of the molecule is Cc1ncsc1CN(C)c1ncccc1[C@@H](C)N. The van der Waals surface area contributed by atoms with Gasteiger partial charge in [0.2, 0.25) is 0 Å². The van der Waals surface area contributed by atoms with Gasteiger partial charge in [0, 0.05) is 29.7 Å². The molecule has 0 aliphatic rings. The molecule has 4 nitrogen and oxygen atoms in total. The third-order valence-corrected chi connectivity index (χ3v) is 3.81. The number of nitrogens with two attached hydrogens (primary N) is 1. The molecule has 2 aromatic heterocycles. The van der Waals surface area contributed by atoms with Gasteiger partial charge in [-0.2, -0.15) is 0 Å². The van der Waals surface area contributed by atoms with Crippen LogP contribution in [0, 0.1) is 6.92 Å². The minimum atomic E-state index is -0.0151. The van der Waals surface area contributed by atoms with Crippen molar-refractivity contribution in [1.29, 1.82) is 0 Å². The minimum Gasteiger partial charge on any atom is -0.354 e. The van der Waals surface area contributed by atoms with Gasteiger partial charge in [-0.3, -0.25) is 0 Å². The Labute approximate surface area is 111 Å². The Morgan fingerprint density at radius 3 is 2.83 bits per heavy atom. The number of pyridine rings is 1. The van der Waals surface area contributed by atoms with Crippen LogP contribution < -0.4 is 10.6 Å². The van der Waals surface area contributed by atoms with E-state index in [1.807, 2.05) is 38.5 Å². The zero-order chi connectivity index (χ0) is 13.1. The van der Waals surface area contributed by atoms with Crippen molar-refractivity contribution in [3.63, 3.8) is 0 Å². The van der Waals surface area contributed by atoms with Gasteiger partial charge in [-0.15, -0.1) is 11.3 Å². The number of nitrogens with zero attached hydrogens (tertiary/aromatic N) is 3. The van der Waals surface area contributed by atoms with Crippen LogP contribution in [0.1, 0.15) is 29.1 Å². The predicted molar refractivity (Wildman–Crippen MR) is 75.8 cm³/mol. The number of hydrogen-bond donors (Lipinski definition) is 1. The molecular weight excluding hydrogens is 244 g/mol. The largest absolute Gasteiger partial charge is 0.354 e. The Hall–Kier alpha value is -1.46. The summed E-state index contributed by atoms with van der Waals surface area (Å²) in [5.74, 6) is 0.945. The molecule has 0 saturated carbocycles. The second kappa shape index (κ2) is 5.46. The number of thiazole rings is 1. The van der Waals surface area contributed by atoms with Crippen LogP contribution in [-0.4, -0.2) is 17.0 Å². The number of anilines is 1. The highest BCUT2D eigenvalue weighted by molar-refractivity contribution is 7.09. The van der Waals surface area contributed by atoms with Gasteiger partial charge in [0.1, 0.15) is 5.82 Å². The fourth-order valence-electron chi connectivity index (χ4n) is 1.85. The van der Waals surface area contributed by atoms with Crippen LogP contribution in [0.4, 0.5) is 5.82 Å². The van der Waals surface area contributed by atoms with Crippen molar-refractivity contribution in [3.8, 4) is 0 Å². The monoisotopic (exact) mass is 262 g/mol. The van der Waals surface area contributed by atoms with E-state index in [1.54, 1.807) is 17.5 Å². The molecule has 0 amide bonds. The Bertz CT molecular complexity index is 521. The van der Waals surface area contributed by atoms with Crippen molar-refractivity contribution in [3.05, 3.63) is 40.0 Å². The molecule has 2 heterocycles. The van der Waals surface area contributed by atoms with Gasteiger partial charge >= 0.3 is 0 Å². The fourth-order valence-corrected chi connectivity index (χ4v) is 2.68. The molecule has 96 valence electrons. The van der Waals surface area contributed by atoms with E-state index >= 15 is 0 Å². The van der Waals surface area contributed by atoms with Gasteiger partial charge in [-0.1, -0.05) is 6.07 Å². The van der Waals surface area contributed by atoms with Crippen LogP contribution in [0.25, 0.3) is 0 Å². The molecule has 18 heavy (non-hydrogen) atoms. The molecule has 5 heteroatoms. The van der Waals surface area contributed by atoms with Gasteiger partial charge < -0.3 is 10.6 Å². The van der Waals surface area contributed by atoms with E-state index in [-0.39, 0.29) is 6.04 Å². The zero-order valence-electron chi connectivity index (χ0n) is 10.9. The van der Waals surface area contributed by atoms with Crippen molar-refractivity contribution in [2.24, 2.45) is 5.73 Å². The summed E-state index contributed by atoms with van der Waals surface area (Å²) in [6.07, 6.45) is 1.80. The molecule has 0 radical (unpaired) electrons. The number of aryl methyl sites for hydroxylation is 1. The first kappa shape index (κ1) is 13.0. The van der Waals surface area contributed by atoms with Crippen LogP contribution in [-0.2, 0) is 6.54 Å². The minimum absolute atomic E-state index is 0.0151. The maximum atomic E-state index is 5.98. The molecular formula is C13H18N4S. The lowest BCUT2D eigenvalue weighted by Crippen LogP contribution is -2.21. The Balaban J connectivity index is 2.24. The molecule has 0 aliphatic heterocycles. The van der Waals surface area contributed by atoms with Gasteiger partial charge in [0.05, 0.1) is 17.7 Å². The first-order valence-corrected chi connectivity index (χ1v) is 6.78. The average Bonchev–Trinajstić information content (AvgIpc) is 2.75. The topological polar surface area (TPSA) is 55.0 Å². The standard InChI is InChI=1S/C13H18N4S/c1-9(14)11-5-4-6-15-13(11)17(3)7-12-10(2)16-8-18-12/h4-6,8-9H,7,14H2,1-3H3/t9-/m1/s1. The molecule has 0 aliphatic carbocycles. The molecule has 0 bridgehead atoms. The summed E-state index contributed by atoms with van der Waals surface area (Å²) in [5.41, 5.74) is 10.0. The van der Waals surface area contributed by atoms with Crippen LogP contribution in [0.5, 0.6) is 0 Å². The van der Waals surface area contributed by atoms with E-state index in [0.717, 1.165) is 23.6 Å². The smallest absolute Gasteiger partial charge is 0.133 e. The molecule has 0 spiro atoms. The van der Waals surface area contributed by atoms with Crippen molar-refractivity contribution in [2.45, 2.75) is 26.4 Å². The van der Waals surface area contributed by atoms with Crippen molar-refractivity contribution >= 4 is 17.2 Å². The maximum absolute atomic E-state index is 5.98. The summed E-state index contributed by atoms with van der Waals surface area (Å²) < 4.78 is 0. The highest BCUT2D eigenvalue weighted by Gasteiger charge is 2.13. The molecule has 0 saturated heterocycles. The number of hydrogen-bond acceptors (Lipinski definition) is 5. The lowest BCUT2D eigenvalue weighted by atomic mass is 10.1. The Morgan fingerprint density at radius 1 is 1.44 bits per heavy atom. The van der Waals surface area contributed by atoms with Gasteiger partial charge in [0.15, 0.2) is 0 Å². The van der Waals surface area contributed by atoms with E-state index in [4.69, 9.17) is 5.73 Å². The van der Waals surface area contributed by atoms with E-state index < -0.39 is 0 Å². The summed E-state index contributed by atoms with van der Waals surface area (Å²) in [5, 5.41) is 0. The molecule has 0 aromatic carbocycles. The maximum Gasteiger partial charge on any atom is 0.133 e. The second-order valence-corrected chi connectivity index (χ2v) is 5.36. The van der Waals surface area contributed by atoms with Crippen LogP contribution in [0.2, 0.25) is 0 Å². The first-order chi connectivity index (χ1) is 8.59. The summed E-state index contributed by atoms with van der Waals surface area (Å²) in [7, 11) is 2.04. The number of rotatable bonds is 4. The Morgan fingerprint density at radius 2 is 2.22 bits per heavy atom. The summed E-state index contributed by atoms with van der Waals surface area (Å²) in [6.45, 7) is 4.82. The molecule has 2 N–H and O–H groups in total. The molecule has 0 fully saturated rings. The lowest BCUT2D eigenvalue weighted by molar-refractivity contribution is 0.789. The molecule has 2 rings (SSSR count). The Kier molecular flexibility index (Phi) is 3.93. The van der Waals surface area contributed by atoms with E-state index in [0.29, 0.717) is 0 Å². The summed E-state index contributed by atoms with van der Waals surface area (Å²) in [6, 6.07) is 3.94. The van der Waals surface area contributed by atoms with Crippen molar-refractivity contribution in [2.75, 3.05) is 11.9 Å². The van der Waals surface area contributed by atoms with Crippen LogP contribution in [0.3, 0.4) is 0 Å². The summed E-state index contributed by atoms with van der Waals surface area (Å²) in [4.78, 5) is 12.1. The molecule has 2 aromatic rings. The fraction of sp³-hybridized carbons (Fsp3) is 0.385. The summed E-state index contributed by atoms with van der Waals surface area (Å²) >= 11 is 1.67. The molecule has 1 atom stereocenters. The van der Waals surface area contributed by atoms with Crippen molar-refractivity contribution in [1.82, 2.24) is 9.97 Å². The van der Waals surface area contributed by atoms with Gasteiger partial charge in [-0.25, -0.2) is 9.97 Å². The predicted octanol–water partition coefficient (Wildman–Crippen LogP) is 2.50. The second-order valence-electron chi connectivity index (χ2n) is 4.42. The zero-order valence-corrected chi connectivity index (χ0v) is 11.7. The third kappa shape index (κ3) is 2.68. The van der Waals surface area contributed by atoms with E-state index in [9.17, 15) is 0 Å². The quantitative estimate of drug-likeness (QED) is 0.920. The highest BCUT2D eigenvalue weighted by atomic mass is 32.1. The van der Waals surface area contributed by atoms with E-state index in [2.05, 4.69) is 14.9 Å². The average molecular weight is 262 g/mol. The van der Waals surface area contributed by atoms with Gasteiger partial charge in [0.25, 0.3) is 0 Å². The first-order valence-electron chi connectivity index (χ1n) is 5.90. The lowest BCUT2D eigenvalue weighted by Gasteiger charge is -2.22. The third-order valence-electron chi connectivity index (χ3n) is 2.89. The van der Waals surface area contributed by atoms with Crippen molar-refractivity contribution < 1.29 is 0 Å². The van der Waals surface area contributed by atoms with Crippen LogP contribution in [0.15, 0.2) is 23.8 Å². The highest BCUT2D eigenvalue weighted by Crippen LogP contribution is 2.24. The van der Waals surface area contributed by atoms with E-state index in [1.165, 1.54) is 4.88 Å². The molecule has 0 unspecified atom stereocenters. The van der Waals surface area contributed by atoms with Crippen LogP contribution >= 0.6 is 11.3 Å².